The van der Waals surface area contributed by atoms with Crippen molar-refractivity contribution in [2.24, 2.45) is 5.84 Å². The summed E-state index contributed by atoms with van der Waals surface area (Å²) in [4.78, 5) is 11.4. The van der Waals surface area contributed by atoms with Gasteiger partial charge in [0.05, 0.1) is 7.11 Å². The van der Waals surface area contributed by atoms with E-state index in [2.05, 4.69) is 20.4 Å². The molecule has 0 saturated heterocycles. The molecule has 0 radical (unpaired) electrons. The first kappa shape index (κ1) is 13.4. The number of halogens is 1. The van der Waals surface area contributed by atoms with Crippen LogP contribution in [-0.4, -0.2) is 22.1 Å². The molecule has 0 aliphatic carbocycles. The standard InChI is InChI=1S/C11H9FN6O2/c1-19-10-15-9(18-14)16-11(17-10)20-8-4-2-3-7(12)6(8)5-13/h2-4H,14H2,1H3,(H,15,16,17,18). The summed E-state index contributed by atoms with van der Waals surface area (Å²) in [5, 5.41) is 8.90. The molecule has 0 fully saturated rings. The molecular formula is C11H9FN6O2. The van der Waals surface area contributed by atoms with Crippen molar-refractivity contribution in [1.29, 1.82) is 5.26 Å². The van der Waals surface area contributed by atoms with Gasteiger partial charge in [-0.25, -0.2) is 10.2 Å². The Balaban J connectivity index is 2.40. The van der Waals surface area contributed by atoms with E-state index in [0.29, 0.717) is 0 Å². The largest absolute Gasteiger partial charge is 0.467 e. The van der Waals surface area contributed by atoms with Crippen LogP contribution >= 0.6 is 0 Å². The summed E-state index contributed by atoms with van der Waals surface area (Å²) < 4.78 is 23.5. The molecular weight excluding hydrogens is 267 g/mol. The Kier molecular flexibility index (Phi) is 3.88. The molecule has 0 aliphatic heterocycles. The molecule has 0 bridgehead atoms. The van der Waals surface area contributed by atoms with Crippen molar-refractivity contribution < 1.29 is 13.9 Å². The molecule has 0 amide bonds. The maximum Gasteiger partial charge on any atom is 0.330 e. The highest BCUT2D eigenvalue weighted by Gasteiger charge is 2.13. The van der Waals surface area contributed by atoms with Gasteiger partial charge < -0.3 is 9.47 Å². The maximum atomic E-state index is 13.4. The van der Waals surface area contributed by atoms with E-state index in [0.717, 1.165) is 6.07 Å². The van der Waals surface area contributed by atoms with Gasteiger partial charge in [-0.1, -0.05) is 6.07 Å². The third kappa shape index (κ3) is 2.70. The van der Waals surface area contributed by atoms with E-state index in [4.69, 9.17) is 20.6 Å². The number of anilines is 1. The number of nitrogens with one attached hydrogen (secondary N) is 1. The number of nitrogens with two attached hydrogens (primary N) is 1. The van der Waals surface area contributed by atoms with Gasteiger partial charge in [0, 0.05) is 0 Å². The maximum absolute atomic E-state index is 13.4. The SMILES string of the molecule is COc1nc(NN)nc(Oc2cccc(F)c2C#N)n1. The van der Waals surface area contributed by atoms with E-state index in [1.165, 1.54) is 19.2 Å². The van der Waals surface area contributed by atoms with Gasteiger partial charge >= 0.3 is 12.0 Å². The molecule has 1 aromatic carbocycles. The number of nitriles is 1. The van der Waals surface area contributed by atoms with Crippen LogP contribution in [0.2, 0.25) is 0 Å². The van der Waals surface area contributed by atoms with Crippen LogP contribution in [0.15, 0.2) is 18.2 Å². The van der Waals surface area contributed by atoms with Crippen LogP contribution in [0.3, 0.4) is 0 Å². The van der Waals surface area contributed by atoms with E-state index >= 15 is 0 Å². The van der Waals surface area contributed by atoms with Crippen LogP contribution in [-0.2, 0) is 0 Å². The molecule has 102 valence electrons. The Hall–Kier alpha value is -2.99. The molecule has 8 nitrogen and oxygen atoms in total. The number of nitrogen functional groups attached to an aromatic ring is 1. The van der Waals surface area contributed by atoms with Crippen molar-refractivity contribution >= 4 is 5.95 Å². The summed E-state index contributed by atoms with van der Waals surface area (Å²) >= 11 is 0. The van der Waals surface area contributed by atoms with Crippen molar-refractivity contribution in [3.05, 3.63) is 29.6 Å². The number of nitrogens with zero attached hydrogens (tertiary/aromatic N) is 4. The van der Waals surface area contributed by atoms with E-state index < -0.39 is 5.82 Å². The Labute approximate surface area is 113 Å². The zero-order chi connectivity index (χ0) is 14.5. The van der Waals surface area contributed by atoms with Crippen LogP contribution in [0.4, 0.5) is 10.3 Å². The second-order valence-electron chi connectivity index (χ2n) is 3.40. The highest BCUT2D eigenvalue weighted by molar-refractivity contribution is 5.45. The topological polar surface area (TPSA) is 119 Å². The van der Waals surface area contributed by atoms with Gasteiger partial charge in [-0.15, -0.1) is 4.98 Å². The highest BCUT2D eigenvalue weighted by Crippen LogP contribution is 2.25. The fourth-order valence-corrected chi connectivity index (χ4v) is 1.34. The van der Waals surface area contributed by atoms with Crippen LogP contribution in [0.5, 0.6) is 17.8 Å². The third-order valence-corrected chi connectivity index (χ3v) is 2.19. The smallest absolute Gasteiger partial charge is 0.330 e. The molecule has 1 heterocycles. The second-order valence-corrected chi connectivity index (χ2v) is 3.40. The number of hydrazine groups is 1. The van der Waals surface area contributed by atoms with Crippen molar-refractivity contribution in [3.63, 3.8) is 0 Å². The summed E-state index contributed by atoms with van der Waals surface area (Å²) in [6.07, 6.45) is 0. The number of methoxy groups -OCH3 is 1. The number of hydrogen-bond acceptors (Lipinski definition) is 8. The Bertz CT molecular complexity index is 650. The highest BCUT2D eigenvalue weighted by atomic mass is 19.1. The lowest BCUT2D eigenvalue weighted by Crippen LogP contribution is -2.12. The molecule has 1 aromatic heterocycles. The number of aromatic nitrogens is 3. The first-order valence-electron chi connectivity index (χ1n) is 5.31. The van der Waals surface area contributed by atoms with Gasteiger partial charge in [0.15, 0.2) is 5.75 Å². The number of benzene rings is 1. The monoisotopic (exact) mass is 276 g/mol. The first-order chi connectivity index (χ1) is 9.67. The van der Waals surface area contributed by atoms with Crippen molar-refractivity contribution in [2.75, 3.05) is 12.5 Å². The summed E-state index contributed by atoms with van der Waals surface area (Å²) in [5.74, 6) is 4.46. The molecule has 2 aromatic rings. The molecule has 0 spiro atoms. The van der Waals surface area contributed by atoms with E-state index in [9.17, 15) is 4.39 Å². The van der Waals surface area contributed by atoms with Crippen LogP contribution in [0, 0.1) is 17.1 Å². The van der Waals surface area contributed by atoms with Crippen molar-refractivity contribution in [3.8, 4) is 23.8 Å². The fraction of sp³-hybridized carbons (Fsp3) is 0.0909. The molecule has 20 heavy (non-hydrogen) atoms. The Morgan fingerprint density at radius 3 is 2.70 bits per heavy atom. The number of hydrogen-bond donors (Lipinski definition) is 2. The van der Waals surface area contributed by atoms with E-state index in [-0.39, 0.29) is 29.3 Å². The zero-order valence-electron chi connectivity index (χ0n) is 10.3. The van der Waals surface area contributed by atoms with Crippen LogP contribution < -0.4 is 20.7 Å². The summed E-state index contributed by atoms with van der Waals surface area (Å²) in [5.41, 5.74) is 1.95. The predicted molar refractivity (Wildman–Crippen MR) is 65.4 cm³/mol. The van der Waals surface area contributed by atoms with Gasteiger partial charge in [-0.3, -0.25) is 5.43 Å². The van der Waals surface area contributed by atoms with Crippen molar-refractivity contribution in [2.45, 2.75) is 0 Å². The summed E-state index contributed by atoms with van der Waals surface area (Å²) in [7, 11) is 1.35. The van der Waals surface area contributed by atoms with Crippen LogP contribution in [0.25, 0.3) is 0 Å². The van der Waals surface area contributed by atoms with Crippen molar-refractivity contribution in [1.82, 2.24) is 15.0 Å². The average molecular weight is 276 g/mol. The second kappa shape index (κ2) is 5.77. The molecule has 2 rings (SSSR count). The number of ether oxygens (including phenoxy) is 2. The minimum atomic E-state index is -0.705. The predicted octanol–water partition coefficient (Wildman–Crippen LogP) is 0.969. The molecule has 0 saturated carbocycles. The lowest BCUT2D eigenvalue weighted by molar-refractivity contribution is 0.359. The molecule has 0 aliphatic rings. The molecule has 3 N–H and O–H groups in total. The lowest BCUT2D eigenvalue weighted by Gasteiger charge is -2.08. The molecule has 0 atom stereocenters. The summed E-state index contributed by atoms with van der Waals surface area (Å²) in [6, 6.07) is 5.42. The minimum Gasteiger partial charge on any atom is -0.467 e. The Morgan fingerprint density at radius 2 is 2.05 bits per heavy atom. The molecule has 9 heteroatoms. The average Bonchev–Trinajstić information content (AvgIpc) is 2.47. The van der Waals surface area contributed by atoms with Gasteiger partial charge in [-0.2, -0.15) is 15.2 Å². The fourth-order valence-electron chi connectivity index (χ4n) is 1.34. The zero-order valence-corrected chi connectivity index (χ0v) is 10.3. The summed E-state index contributed by atoms with van der Waals surface area (Å²) in [6.45, 7) is 0. The van der Waals surface area contributed by atoms with Crippen LogP contribution in [0.1, 0.15) is 5.56 Å². The normalized spacial score (nSPS) is 9.70. The van der Waals surface area contributed by atoms with E-state index in [1.54, 1.807) is 6.07 Å². The molecule has 0 unspecified atom stereocenters. The van der Waals surface area contributed by atoms with Gasteiger partial charge in [-0.05, 0) is 12.1 Å². The van der Waals surface area contributed by atoms with Gasteiger partial charge in [0.25, 0.3) is 0 Å². The van der Waals surface area contributed by atoms with Gasteiger partial charge in [0.1, 0.15) is 17.4 Å². The van der Waals surface area contributed by atoms with E-state index in [1.807, 2.05) is 0 Å². The number of rotatable bonds is 4. The minimum absolute atomic E-state index is 0.00163. The first-order valence-corrected chi connectivity index (χ1v) is 5.31. The lowest BCUT2D eigenvalue weighted by atomic mass is 10.2. The third-order valence-electron chi connectivity index (χ3n) is 2.19. The quantitative estimate of drug-likeness (QED) is 0.626. The van der Waals surface area contributed by atoms with Gasteiger partial charge in [0.2, 0.25) is 5.95 Å². The Morgan fingerprint density at radius 1 is 1.30 bits per heavy atom.